The van der Waals surface area contributed by atoms with E-state index in [0.717, 1.165) is 11.5 Å². The van der Waals surface area contributed by atoms with Gasteiger partial charge in [0.25, 0.3) is 0 Å². The van der Waals surface area contributed by atoms with E-state index in [2.05, 4.69) is 21.7 Å². The van der Waals surface area contributed by atoms with Gasteiger partial charge in [0.15, 0.2) is 0 Å². The van der Waals surface area contributed by atoms with E-state index >= 15 is 0 Å². The number of carbonyl (C=O) groups excluding carboxylic acids is 1. The molecule has 0 aliphatic carbocycles. The van der Waals surface area contributed by atoms with Crippen molar-refractivity contribution >= 4 is 17.4 Å². The zero-order valence-corrected chi connectivity index (χ0v) is 13.4. The number of aromatic nitrogens is 2. The third kappa shape index (κ3) is 3.96. The van der Waals surface area contributed by atoms with Crippen LogP contribution in [0.5, 0.6) is 5.75 Å². The van der Waals surface area contributed by atoms with Crippen molar-refractivity contribution in [3.8, 4) is 5.75 Å². The monoisotopic (exact) mass is 348 g/mol. The van der Waals surface area contributed by atoms with Gasteiger partial charge in [-0.3, -0.25) is 4.79 Å². The van der Waals surface area contributed by atoms with E-state index in [9.17, 15) is 13.6 Å². The molecular formula is C17H18F2N4O2. The van der Waals surface area contributed by atoms with Crippen LogP contribution in [0, 0.1) is 5.92 Å². The topological polar surface area (TPSA) is 59.4 Å². The van der Waals surface area contributed by atoms with Gasteiger partial charge in [-0.2, -0.15) is 13.9 Å². The number of halogens is 2. The van der Waals surface area contributed by atoms with Crippen molar-refractivity contribution in [2.45, 2.75) is 13.2 Å². The summed E-state index contributed by atoms with van der Waals surface area (Å²) < 4.78 is 30.8. The minimum absolute atomic E-state index is 0.110. The SMILES string of the molecule is C=CC(=O)NC[C@@H]1CN(c2ccc(OC(F)F)cc2)c2ccnn2C1. The van der Waals surface area contributed by atoms with Crippen LogP contribution in [0.2, 0.25) is 0 Å². The number of hydrogen-bond acceptors (Lipinski definition) is 4. The molecule has 2 heterocycles. The summed E-state index contributed by atoms with van der Waals surface area (Å²) in [5.41, 5.74) is 0.836. The van der Waals surface area contributed by atoms with Crippen molar-refractivity contribution in [1.29, 1.82) is 0 Å². The van der Waals surface area contributed by atoms with Crippen LogP contribution >= 0.6 is 0 Å². The van der Waals surface area contributed by atoms with Crippen LogP contribution in [0.3, 0.4) is 0 Å². The predicted octanol–water partition coefficient (Wildman–Crippen LogP) is 2.55. The lowest BCUT2D eigenvalue weighted by Gasteiger charge is -2.34. The number of amides is 1. The van der Waals surface area contributed by atoms with Crippen molar-refractivity contribution < 1.29 is 18.3 Å². The van der Waals surface area contributed by atoms with Crippen LogP contribution in [0.15, 0.2) is 49.2 Å². The van der Waals surface area contributed by atoms with Crippen LogP contribution in [0.1, 0.15) is 0 Å². The second-order valence-electron chi connectivity index (χ2n) is 5.67. The molecule has 25 heavy (non-hydrogen) atoms. The van der Waals surface area contributed by atoms with Gasteiger partial charge in [-0.05, 0) is 30.3 Å². The molecule has 8 heteroatoms. The van der Waals surface area contributed by atoms with Crippen LogP contribution < -0.4 is 15.0 Å². The number of rotatable bonds is 6. The molecule has 0 fully saturated rings. The van der Waals surface area contributed by atoms with Gasteiger partial charge in [0, 0.05) is 37.3 Å². The zero-order valence-electron chi connectivity index (χ0n) is 13.4. The molecule has 1 atom stereocenters. The average Bonchev–Trinajstić information content (AvgIpc) is 3.07. The molecule has 0 radical (unpaired) electrons. The molecule has 0 spiro atoms. The normalized spacial score (nSPS) is 16.4. The quantitative estimate of drug-likeness (QED) is 0.815. The van der Waals surface area contributed by atoms with E-state index < -0.39 is 6.61 Å². The van der Waals surface area contributed by atoms with Gasteiger partial charge < -0.3 is 15.0 Å². The van der Waals surface area contributed by atoms with Gasteiger partial charge in [-0.1, -0.05) is 6.58 Å². The maximum Gasteiger partial charge on any atom is 0.387 e. The lowest BCUT2D eigenvalue weighted by atomic mass is 10.1. The Hall–Kier alpha value is -2.90. The average molecular weight is 348 g/mol. The molecule has 132 valence electrons. The fourth-order valence-corrected chi connectivity index (χ4v) is 2.84. The van der Waals surface area contributed by atoms with E-state index in [1.807, 2.05) is 15.6 Å². The van der Waals surface area contributed by atoms with Crippen LogP contribution in [-0.4, -0.2) is 35.4 Å². The van der Waals surface area contributed by atoms with E-state index in [4.69, 9.17) is 0 Å². The Balaban J connectivity index is 1.77. The number of benzene rings is 1. The number of carbonyl (C=O) groups is 1. The van der Waals surface area contributed by atoms with Crippen molar-refractivity contribution in [3.05, 3.63) is 49.2 Å². The number of anilines is 2. The number of nitrogens with zero attached hydrogens (tertiary/aromatic N) is 3. The lowest BCUT2D eigenvalue weighted by Crippen LogP contribution is -2.41. The number of fused-ring (bicyclic) bond motifs is 1. The number of hydrogen-bond donors (Lipinski definition) is 1. The largest absolute Gasteiger partial charge is 0.435 e. The summed E-state index contributed by atoms with van der Waals surface area (Å²) >= 11 is 0. The van der Waals surface area contributed by atoms with Crippen molar-refractivity contribution in [2.24, 2.45) is 5.92 Å². The highest BCUT2D eigenvalue weighted by atomic mass is 19.3. The highest BCUT2D eigenvalue weighted by molar-refractivity contribution is 5.86. The molecule has 1 aromatic carbocycles. The van der Waals surface area contributed by atoms with E-state index in [1.54, 1.807) is 18.3 Å². The molecule has 1 amide bonds. The number of nitrogens with one attached hydrogen (secondary N) is 1. The molecule has 0 saturated heterocycles. The molecule has 1 N–H and O–H groups in total. The second-order valence-corrected chi connectivity index (χ2v) is 5.67. The molecule has 1 aromatic heterocycles. The van der Waals surface area contributed by atoms with Gasteiger partial charge in [0.1, 0.15) is 11.6 Å². The molecule has 3 rings (SSSR count). The zero-order chi connectivity index (χ0) is 17.8. The highest BCUT2D eigenvalue weighted by Crippen LogP contribution is 2.31. The Morgan fingerprint density at radius 2 is 2.12 bits per heavy atom. The van der Waals surface area contributed by atoms with Crippen molar-refractivity contribution in [2.75, 3.05) is 18.0 Å². The van der Waals surface area contributed by atoms with Gasteiger partial charge in [0.05, 0.1) is 6.20 Å². The van der Waals surface area contributed by atoms with E-state index in [0.29, 0.717) is 19.6 Å². The first-order valence-corrected chi connectivity index (χ1v) is 7.81. The first-order valence-electron chi connectivity index (χ1n) is 7.81. The summed E-state index contributed by atoms with van der Waals surface area (Å²) in [6, 6.07) is 8.35. The molecule has 2 aromatic rings. The molecule has 6 nitrogen and oxygen atoms in total. The Kier molecular flexibility index (Phi) is 4.97. The van der Waals surface area contributed by atoms with Crippen LogP contribution in [0.4, 0.5) is 20.3 Å². The Labute approximate surface area is 143 Å². The summed E-state index contributed by atoms with van der Waals surface area (Å²) in [5, 5.41) is 7.10. The minimum atomic E-state index is -2.85. The second kappa shape index (κ2) is 7.33. The molecule has 0 saturated carbocycles. The summed E-state index contributed by atoms with van der Waals surface area (Å²) in [5.74, 6) is 0.951. The standard InChI is InChI=1S/C17H18F2N4O2/c1-2-15(24)20-9-12-10-22(16-7-8-21-23(16)11-12)13-3-5-14(6-4-13)25-17(18)19/h2-8,12,17H,1,9-11H2,(H,20,24)/t12-/m1/s1. The fourth-order valence-electron chi connectivity index (χ4n) is 2.84. The Morgan fingerprint density at radius 1 is 1.36 bits per heavy atom. The highest BCUT2D eigenvalue weighted by Gasteiger charge is 2.26. The van der Waals surface area contributed by atoms with E-state index in [1.165, 1.54) is 18.2 Å². The summed E-state index contributed by atoms with van der Waals surface area (Å²) in [6.45, 7) is 2.43. The van der Waals surface area contributed by atoms with Gasteiger partial charge in [-0.15, -0.1) is 0 Å². The number of ether oxygens (including phenoxy) is 1. The molecular weight excluding hydrogens is 330 g/mol. The Bertz CT molecular complexity index is 745. The molecule has 0 bridgehead atoms. The number of alkyl halides is 2. The molecule has 1 aliphatic rings. The summed E-state index contributed by atoms with van der Waals surface area (Å²) in [6.07, 6.45) is 2.95. The van der Waals surface area contributed by atoms with Crippen molar-refractivity contribution in [3.63, 3.8) is 0 Å². The summed E-state index contributed by atoms with van der Waals surface area (Å²) in [7, 11) is 0. The third-order valence-corrected chi connectivity index (χ3v) is 3.97. The van der Waals surface area contributed by atoms with Gasteiger partial charge >= 0.3 is 6.61 Å². The van der Waals surface area contributed by atoms with Crippen LogP contribution in [0.25, 0.3) is 0 Å². The fraction of sp³-hybridized carbons (Fsp3) is 0.294. The third-order valence-electron chi connectivity index (χ3n) is 3.97. The van der Waals surface area contributed by atoms with E-state index in [-0.39, 0.29) is 17.6 Å². The maximum absolute atomic E-state index is 12.3. The maximum atomic E-state index is 12.3. The summed E-state index contributed by atoms with van der Waals surface area (Å²) in [4.78, 5) is 13.4. The smallest absolute Gasteiger partial charge is 0.387 e. The molecule has 1 aliphatic heterocycles. The first-order chi connectivity index (χ1) is 12.1. The van der Waals surface area contributed by atoms with Crippen molar-refractivity contribution in [1.82, 2.24) is 15.1 Å². The van der Waals surface area contributed by atoms with Crippen LogP contribution in [-0.2, 0) is 11.3 Å². The molecule has 0 unspecified atom stereocenters. The minimum Gasteiger partial charge on any atom is -0.435 e. The van der Waals surface area contributed by atoms with Gasteiger partial charge in [0.2, 0.25) is 5.91 Å². The lowest BCUT2D eigenvalue weighted by molar-refractivity contribution is -0.116. The first kappa shape index (κ1) is 16.9. The predicted molar refractivity (Wildman–Crippen MR) is 89.0 cm³/mol. The van der Waals surface area contributed by atoms with Gasteiger partial charge in [-0.25, -0.2) is 4.68 Å². The Morgan fingerprint density at radius 3 is 2.80 bits per heavy atom.